The maximum Gasteiger partial charge on any atom is 0.209 e. The minimum atomic E-state index is -3.30. The Kier molecular flexibility index (Phi) is 4.12. The van der Waals surface area contributed by atoms with Crippen LogP contribution < -0.4 is 10.5 Å². The number of hydrogen-bond acceptors (Lipinski definition) is 3. The highest BCUT2D eigenvalue weighted by Gasteiger charge is 2.00. The fraction of sp³-hybridized carbons (Fsp3) is 0.500. The van der Waals surface area contributed by atoms with Crippen LogP contribution in [0.2, 0.25) is 0 Å². The first-order valence-corrected chi connectivity index (χ1v) is 6.12. The summed E-state index contributed by atoms with van der Waals surface area (Å²) < 4.78 is 21.1. The highest BCUT2D eigenvalue weighted by atomic mass is 32.2. The number of nitrogens with one attached hydrogen (secondary N) is 2. The lowest BCUT2D eigenvalue weighted by Gasteiger charge is -2.01. The zero-order valence-electron chi connectivity index (χ0n) is 7.86. The molecule has 80 valence electrons. The molecular weight excluding hydrogens is 202 g/mol. The van der Waals surface area contributed by atoms with Crippen LogP contribution in [0.1, 0.15) is 12.0 Å². The van der Waals surface area contributed by atoms with Crippen molar-refractivity contribution in [3.8, 4) is 0 Å². The number of aromatic amines is 1. The molecule has 0 fully saturated rings. The van der Waals surface area contributed by atoms with Gasteiger partial charge in [0.1, 0.15) is 0 Å². The van der Waals surface area contributed by atoms with Crippen molar-refractivity contribution in [2.45, 2.75) is 13.0 Å². The number of hydrogen-bond donors (Lipinski definition) is 3. The van der Waals surface area contributed by atoms with Crippen molar-refractivity contribution in [3.05, 3.63) is 24.0 Å². The van der Waals surface area contributed by atoms with Gasteiger partial charge in [-0.3, -0.25) is 0 Å². The van der Waals surface area contributed by atoms with Gasteiger partial charge in [0.15, 0.2) is 0 Å². The molecule has 0 aliphatic carbocycles. The highest BCUT2D eigenvalue weighted by molar-refractivity contribution is 7.89. The van der Waals surface area contributed by atoms with Crippen molar-refractivity contribution in [2.75, 3.05) is 12.3 Å². The van der Waals surface area contributed by atoms with Crippen LogP contribution in [-0.4, -0.2) is 25.7 Å². The molecule has 1 aromatic rings. The van der Waals surface area contributed by atoms with E-state index in [1.54, 1.807) is 0 Å². The van der Waals surface area contributed by atoms with E-state index < -0.39 is 10.0 Å². The normalized spacial score (nSPS) is 11.8. The van der Waals surface area contributed by atoms with E-state index >= 15 is 0 Å². The summed E-state index contributed by atoms with van der Waals surface area (Å²) in [6.45, 7) is 1.40. The van der Waals surface area contributed by atoms with Crippen LogP contribution in [0, 0.1) is 0 Å². The van der Waals surface area contributed by atoms with Gasteiger partial charge in [-0.25, -0.2) is 13.6 Å². The van der Waals surface area contributed by atoms with Crippen LogP contribution in [0.4, 0.5) is 0 Å². The molecule has 0 amide bonds. The van der Waals surface area contributed by atoms with Gasteiger partial charge in [-0.15, -0.1) is 0 Å². The van der Waals surface area contributed by atoms with Crippen molar-refractivity contribution in [1.29, 1.82) is 0 Å². The molecule has 0 saturated carbocycles. The molecule has 1 heterocycles. The Morgan fingerprint density at radius 3 is 2.86 bits per heavy atom. The third kappa shape index (κ3) is 5.00. The molecule has 6 heteroatoms. The van der Waals surface area contributed by atoms with Crippen LogP contribution in [0.15, 0.2) is 18.5 Å². The van der Waals surface area contributed by atoms with E-state index in [9.17, 15) is 8.42 Å². The zero-order valence-corrected chi connectivity index (χ0v) is 8.68. The van der Waals surface area contributed by atoms with Crippen LogP contribution in [0.25, 0.3) is 0 Å². The first-order chi connectivity index (χ1) is 6.58. The van der Waals surface area contributed by atoms with Crippen molar-refractivity contribution >= 4 is 10.0 Å². The second-order valence-corrected chi connectivity index (χ2v) is 4.85. The summed E-state index contributed by atoms with van der Waals surface area (Å²) in [6, 6.07) is 1.96. The Bertz CT molecular complexity index is 345. The Morgan fingerprint density at radius 1 is 1.50 bits per heavy atom. The molecule has 0 unspecified atom stereocenters. The Hall–Kier alpha value is -0.850. The van der Waals surface area contributed by atoms with Crippen molar-refractivity contribution in [3.63, 3.8) is 0 Å². The van der Waals surface area contributed by atoms with Gasteiger partial charge >= 0.3 is 0 Å². The molecule has 0 atom stereocenters. The van der Waals surface area contributed by atoms with E-state index in [-0.39, 0.29) is 5.75 Å². The Labute approximate surface area is 83.8 Å². The van der Waals surface area contributed by atoms with E-state index in [0.29, 0.717) is 13.0 Å². The van der Waals surface area contributed by atoms with Crippen molar-refractivity contribution in [2.24, 2.45) is 5.14 Å². The van der Waals surface area contributed by atoms with Crippen LogP contribution >= 0.6 is 0 Å². The first-order valence-electron chi connectivity index (χ1n) is 4.41. The second-order valence-electron chi connectivity index (χ2n) is 3.12. The van der Waals surface area contributed by atoms with Crippen LogP contribution in [0.3, 0.4) is 0 Å². The molecule has 0 saturated heterocycles. The average Bonchev–Trinajstić information content (AvgIpc) is 2.54. The number of nitrogens with two attached hydrogens (primary N) is 1. The van der Waals surface area contributed by atoms with E-state index in [0.717, 1.165) is 12.1 Å². The summed E-state index contributed by atoms with van der Waals surface area (Å²) in [7, 11) is -3.30. The standard InChI is InChI=1S/C8H15N3O2S/c9-14(12,13)5-1-3-10-6-8-2-4-11-7-8/h2,4,7,10-11H,1,3,5-6H2,(H2,9,12,13). The monoisotopic (exact) mass is 217 g/mol. The molecule has 0 aliphatic rings. The number of sulfonamides is 1. The number of H-pyrrole nitrogens is 1. The number of rotatable bonds is 6. The lowest BCUT2D eigenvalue weighted by Crippen LogP contribution is -2.21. The maximum atomic E-state index is 10.6. The van der Waals surface area contributed by atoms with Crippen LogP contribution in [0.5, 0.6) is 0 Å². The van der Waals surface area contributed by atoms with Gasteiger partial charge in [-0.2, -0.15) is 0 Å². The Morgan fingerprint density at radius 2 is 2.29 bits per heavy atom. The third-order valence-electron chi connectivity index (χ3n) is 1.77. The Balaban J connectivity index is 2.06. The fourth-order valence-corrected chi connectivity index (χ4v) is 1.65. The molecular formula is C8H15N3O2S. The minimum Gasteiger partial charge on any atom is -0.367 e. The van der Waals surface area contributed by atoms with Crippen molar-refractivity contribution in [1.82, 2.24) is 10.3 Å². The van der Waals surface area contributed by atoms with E-state index in [1.807, 2.05) is 18.5 Å². The molecule has 1 aromatic heterocycles. The zero-order chi connectivity index (χ0) is 10.4. The van der Waals surface area contributed by atoms with Gasteiger partial charge in [-0.1, -0.05) is 0 Å². The number of aromatic nitrogens is 1. The van der Waals surface area contributed by atoms with Crippen molar-refractivity contribution < 1.29 is 8.42 Å². The van der Waals surface area contributed by atoms with Crippen LogP contribution in [-0.2, 0) is 16.6 Å². The SMILES string of the molecule is NS(=O)(=O)CCCNCc1cc[nH]c1. The van der Waals surface area contributed by atoms with Gasteiger partial charge in [0.2, 0.25) is 10.0 Å². The highest BCUT2D eigenvalue weighted by Crippen LogP contribution is 1.94. The maximum absolute atomic E-state index is 10.6. The van der Waals surface area contributed by atoms with Gasteiger partial charge in [0.05, 0.1) is 5.75 Å². The topological polar surface area (TPSA) is 88.0 Å². The first kappa shape index (κ1) is 11.2. The van der Waals surface area contributed by atoms with Gasteiger partial charge < -0.3 is 10.3 Å². The average molecular weight is 217 g/mol. The predicted octanol–water partition coefficient (Wildman–Crippen LogP) is -0.217. The lowest BCUT2D eigenvalue weighted by atomic mass is 10.3. The summed E-state index contributed by atoms with van der Waals surface area (Å²) in [4.78, 5) is 2.94. The minimum absolute atomic E-state index is 0.0349. The third-order valence-corrected chi connectivity index (χ3v) is 2.63. The van der Waals surface area contributed by atoms with E-state index in [4.69, 9.17) is 5.14 Å². The second kappa shape index (κ2) is 5.14. The lowest BCUT2D eigenvalue weighted by molar-refractivity contribution is 0.590. The molecule has 4 N–H and O–H groups in total. The molecule has 0 bridgehead atoms. The quantitative estimate of drug-likeness (QED) is 0.576. The smallest absolute Gasteiger partial charge is 0.209 e. The molecule has 5 nitrogen and oxygen atoms in total. The summed E-state index contributed by atoms with van der Waals surface area (Å²) >= 11 is 0. The molecule has 0 aliphatic heterocycles. The predicted molar refractivity (Wildman–Crippen MR) is 55.1 cm³/mol. The molecule has 14 heavy (non-hydrogen) atoms. The molecule has 1 rings (SSSR count). The van der Waals surface area contributed by atoms with E-state index in [1.165, 1.54) is 0 Å². The largest absolute Gasteiger partial charge is 0.367 e. The summed E-state index contributed by atoms with van der Waals surface area (Å²) in [5.41, 5.74) is 1.15. The summed E-state index contributed by atoms with van der Waals surface area (Å²) in [5.74, 6) is 0.0349. The molecule has 0 radical (unpaired) electrons. The molecule has 0 aromatic carbocycles. The van der Waals surface area contributed by atoms with Gasteiger partial charge in [-0.05, 0) is 24.6 Å². The number of primary sulfonamides is 1. The van der Waals surface area contributed by atoms with Gasteiger partial charge in [0.25, 0.3) is 0 Å². The van der Waals surface area contributed by atoms with Gasteiger partial charge in [0, 0.05) is 18.9 Å². The summed E-state index contributed by atoms with van der Waals surface area (Å²) in [5, 5.41) is 7.97. The van der Waals surface area contributed by atoms with E-state index in [2.05, 4.69) is 10.3 Å². The molecule has 0 spiro atoms. The fourth-order valence-electron chi connectivity index (χ4n) is 1.10. The summed E-state index contributed by atoms with van der Waals surface area (Å²) in [6.07, 6.45) is 4.29.